The van der Waals surface area contributed by atoms with Gasteiger partial charge < -0.3 is 9.73 Å². The van der Waals surface area contributed by atoms with Crippen molar-refractivity contribution in [1.82, 2.24) is 0 Å². The highest BCUT2D eigenvalue weighted by atomic mass is 32.1. The average Bonchev–Trinajstić information content (AvgIpc) is 3.66. The SMILES string of the molecule is c1ccc(-c2ccc(Nc3ccc(-c4cc5oc6ccccc6c5cc4-c4ccc5sc6ccccc6c5c4)cc3)cc2)cc1. The lowest BCUT2D eigenvalue weighted by atomic mass is 9.92. The Morgan fingerprint density at radius 1 is 0.378 bits per heavy atom. The van der Waals surface area contributed by atoms with Gasteiger partial charge in [-0.2, -0.15) is 0 Å². The molecular formula is C42H27NOS. The summed E-state index contributed by atoms with van der Waals surface area (Å²) in [5.74, 6) is 0. The topological polar surface area (TPSA) is 25.2 Å². The molecule has 0 amide bonds. The van der Waals surface area contributed by atoms with Gasteiger partial charge >= 0.3 is 0 Å². The van der Waals surface area contributed by atoms with E-state index >= 15 is 0 Å². The lowest BCUT2D eigenvalue weighted by Crippen LogP contribution is -1.91. The summed E-state index contributed by atoms with van der Waals surface area (Å²) in [5.41, 5.74) is 11.0. The summed E-state index contributed by atoms with van der Waals surface area (Å²) < 4.78 is 8.98. The van der Waals surface area contributed by atoms with Crippen LogP contribution in [0.3, 0.4) is 0 Å². The van der Waals surface area contributed by atoms with E-state index in [4.69, 9.17) is 4.42 Å². The van der Waals surface area contributed by atoms with Gasteiger partial charge in [-0.3, -0.25) is 0 Å². The van der Waals surface area contributed by atoms with Gasteiger partial charge in [0, 0.05) is 42.3 Å². The molecular weight excluding hydrogens is 567 g/mol. The van der Waals surface area contributed by atoms with Crippen LogP contribution in [0.5, 0.6) is 0 Å². The van der Waals surface area contributed by atoms with Crippen LogP contribution in [0, 0.1) is 0 Å². The second-order valence-corrected chi connectivity index (χ2v) is 12.5. The van der Waals surface area contributed by atoms with E-state index in [2.05, 4.69) is 145 Å². The van der Waals surface area contributed by atoms with Gasteiger partial charge in [0.15, 0.2) is 0 Å². The maximum atomic E-state index is 6.35. The molecule has 2 heterocycles. The van der Waals surface area contributed by atoms with Crippen molar-refractivity contribution in [2.45, 2.75) is 0 Å². The number of hydrogen-bond donors (Lipinski definition) is 1. The minimum atomic E-state index is 0.901. The fourth-order valence-corrected chi connectivity index (χ4v) is 7.51. The van der Waals surface area contributed by atoms with Crippen LogP contribution in [0.25, 0.3) is 75.5 Å². The van der Waals surface area contributed by atoms with Gasteiger partial charge in [-0.05, 0) is 94.0 Å². The van der Waals surface area contributed by atoms with Crippen molar-refractivity contribution in [3.63, 3.8) is 0 Å². The Kier molecular flexibility index (Phi) is 6.03. The second kappa shape index (κ2) is 10.5. The third-order valence-corrected chi connectivity index (χ3v) is 9.83. The molecule has 0 aliphatic rings. The first-order valence-electron chi connectivity index (χ1n) is 15.2. The smallest absolute Gasteiger partial charge is 0.136 e. The number of hydrogen-bond acceptors (Lipinski definition) is 3. The molecule has 0 aliphatic heterocycles. The Bertz CT molecular complexity index is 2490. The molecule has 2 aromatic heterocycles. The van der Waals surface area contributed by atoms with Crippen LogP contribution in [0.4, 0.5) is 11.4 Å². The van der Waals surface area contributed by atoms with E-state index in [1.807, 2.05) is 29.5 Å². The molecule has 9 aromatic rings. The fourth-order valence-electron chi connectivity index (χ4n) is 6.42. The maximum Gasteiger partial charge on any atom is 0.136 e. The van der Waals surface area contributed by atoms with Crippen molar-refractivity contribution in [2.75, 3.05) is 5.32 Å². The zero-order valence-corrected chi connectivity index (χ0v) is 25.1. The van der Waals surface area contributed by atoms with Gasteiger partial charge in [-0.25, -0.2) is 0 Å². The number of benzene rings is 7. The number of rotatable bonds is 5. The molecule has 212 valence electrons. The average molecular weight is 594 g/mol. The number of thiophene rings is 1. The standard InChI is InChI=1S/C42H27NOS/c1-2-8-27(9-3-1)28-14-19-31(20-15-28)43-32-21-16-29(17-22-32)36-26-40-37(33-10-4-6-12-39(33)44-40)25-35(36)30-18-23-42-38(24-30)34-11-5-7-13-41(34)45-42/h1-26,43H. The Balaban J connectivity index is 1.12. The molecule has 2 nitrogen and oxygen atoms in total. The summed E-state index contributed by atoms with van der Waals surface area (Å²) in [6.45, 7) is 0. The maximum absolute atomic E-state index is 6.35. The second-order valence-electron chi connectivity index (χ2n) is 11.4. The lowest BCUT2D eigenvalue weighted by molar-refractivity contribution is 0.669. The van der Waals surface area contributed by atoms with Crippen LogP contribution in [0.1, 0.15) is 0 Å². The van der Waals surface area contributed by atoms with Gasteiger partial charge in [-0.1, -0.05) is 97.1 Å². The van der Waals surface area contributed by atoms with Crippen molar-refractivity contribution < 1.29 is 4.42 Å². The molecule has 0 fully saturated rings. The number of para-hydroxylation sites is 1. The van der Waals surface area contributed by atoms with E-state index in [1.54, 1.807) is 0 Å². The quantitative estimate of drug-likeness (QED) is 0.215. The van der Waals surface area contributed by atoms with Crippen molar-refractivity contribution in [2.24, 2.45) is 0 Å². The third-order valence-electron chi connectivity index (χ3n) is 8.68. The van der Waals surface area contributed by atoms with Crippen LogP contribution in [-0.2, 0) is 0 Å². The first-order chi connectivity index (χ1) is 22.3. The van der Waals surface area contributed by atoms with Crippen LogP contribution < -0.4 is 5.32 Å². The fraction of sp³-hybridized carbons (Fsp3) is 0. The lowest BCUT2D eigenvalue weighted by Gasteiger charge is -2.13. The largest absolute Gasteiger partial charge is 0.456 e. The monoisotopic (exact) mass is 593 g/mol. The highest BCUT2D eigenvalue weighted by molar-refractivity contribution is 7.25. The molecule has 0 spiro atoms. The molecule has 0 saturated heterocycles. The van der Waals surface area contributed by atoms with Crippen molar-refractivity contribution >= 4 is 64.8 Å². The summed E-state index contributed by atoms with van der Waals surface area (Å²) in [6, 6.07) is 56.2. The molecule has 0 bridgehead atoms. The molecule has 0 atom stereocenters. The van der Waals surface area contributed by atoms with Gasteiger partial charge in [0.05, 0.1) is 0 Å². The van der Waals surface area contributed by atoms with Crippen molar-refractivity contribution in [3.05, 3.63) is 158 Å². The Morgan fingerprint density at radius 2 is 0.978 bits per heavy atom. The highest BCUT2D eigenvalue weighted by Crippen LogP contribution is 2.42. The normalized spacial score (nSPS) is 11.6. The minimum Gasteiger partial charge on any atom is -0.456 e. The van der Waals surface area contributed by atoms with Gasteiger partial charge in [-0.15, -0.1) is 11.3 Å². The molecule has 0 saturated carbocycles. The first kappa shape index (κ1) is 25.8. The van der Waals surface area contributed by atoms with E-state index in [0.717, 1.165) is 44.4 Å². The summed E-state index contributed by atoms with van der Waals surface area (Å²) in [6.07, 6.45) is 0. The van der Waals surface area contributed by atoms with E-state index in [0.29, 0.717) is 0 Å². The van der Waals surface area contributed by atoms with Crippen LogP contribution in [0.2, 0.25) is 0 Å². The number of furan rings is 1. The Hall–Kier alpha value is -5.64. The predicted molar refractivity (Wildman–Crippen MR) is 193 cm³/mol. The molecule has 9 rings (SSSR count). The summed E-state index contributed by atoms with van der Waals surface area (Å²) in [7, 11) is 0. The number of anilines is 2. The van der Waals surface area contributed by atoms with Gasteiger partial charge in [0.25, 0.3) is 0 Å². The summed E-state index contributed by atoms with van der Waals surface area (Å²) >= 11 is 1.85. The molecule has 0 unspecified atom stereocenters. The molecule has 45 heavy (non-hydrogen) atoms. The van der Waals surface area contributed by atoms with Gasteiger partial charge in [0.2, 0.25) is 0 Å². The number of fused-ring (bicyclic) bond motifs is 6. The van der Waals surface area contributed by atoms with E-state index in [1.165, 1.54) is 42.4 Å². The minimum absolute atomic E-state index is 0.901. The summed E-state index contributed by atoms with van der Waals surface area (Å²) in [4.78, 5) is 0. The predicted octanol–water partition coefficient (Wildman–Crippen LogP) is 12.7. The molecule has 7 aromatic carbocycles. The first-order valence-corrected chi connectivity index (χ1v) is 16.0. The molecule has 3 heteroatoms. The summed E-state index contributed by atoms with van der Waals surface area (Å²) in [5, 5.41) is 8.46. The molecule has 1 N–H and O–H groups in total. The van der Waals surface area contributed by atoms with Crippen molar-refractivity contribution in [3.8, 4) is 33.4 Å². The highest BCUT2D eigenvalue weighted by Gasteiger charge is 2.16. The Morgan fingerprint density at radius 3 is 1.78 bits per heavy atom. The van der Waals surface area contributed by atoms with Crippen LogP contribution in [-0.4, -0.2) is 0 Å². The van der Waals surface area contributed by atoms with E-state index in [-0.39, 0.29) is 0 Å². The number of nitrogens with one attached hydrogen (secondary N) is 1. The zero-order chi connectivity index (χ0) is 29.7. The van der Waals surface area contributed by atoms with Gasteiger partial charge in [0.1, 0.15) is 11.2 Å². The molecule has 0 aliphatic carbocycles. The van der Waals surface area contributed by atoms with Crippen LogP contribution in [0.15, 0.2) is 162 Å². The molecule has 0 radical (unpaired) electrons. The van der Waals surface area contributed by atoms with E-state index in [9.17, 15) is 0 Å². The Labute approximate surface area is 264 Å². The van der Waals surface area contributed by atoms with Crippen molar-refractivity contribution in [1.29, 1.82) is 0 Å². The third kappa shape index (κ3) is 4.57. The zero-order valence-electron chi connectivity index (χ0n) is 24.3. The van der Waals surface area contributed by atoms with Crippen LogP contribution >= 0.6 is 11.3 Å². The van der Waals surface area contributed by atoms with E-state index < -0.39 is 0 Å².